The van der Waals surface area contributed by atoms with E-state index in [4.69, 9.17) is 0 Å². The Bertz CT molecular complexity index is 694. The molecule has 0 aliphatic heterocycles. The Hall–Kier alpha value is -2.25. The van der Waals surface area contributed by atoms with E-state index in [1.54, 1.807) is 6.20 Å². The molecule has 3 rings (SSSR count). The smallest absolute Gasteiger partial charge is 0.299 e. The van der Waals surface area contributed by atoms with Crippen LogP contribution in [-0.2, 0) is 0 Å². The minimum atomic E-state index is -0.297. The molecule has 7 heteroatoms. The number of nitrogens with one attached hydrogen (secondary N) is 2. The van der Waals surface area contributed by atoms with Gasteiger partial charge in [-0.15, -0.1) is 22.7 Å². The molecular formula is C13H10N4OS2. The SMILES string of the molecule is O=C(Nc1cccs1)Nc1nc(-c2ccccn2)cs1. The van der Waals surface area contributed by atoms with Gasteiger partial charge in [-0.25, -0.2) is 9.78 Å². The van der Waals surface area contributed by atoms with Crippen molar-refractivity contribution >= 4 is 38.8 Å². The summed E-state index contributed by atoms with van der Waals surface area (Å²) in [4.78, 5) is 20.3. The normalized spacial score (nSPS) is 10.2. The zero-order chi connectivity index (χ0) is 13.8. The van der Waals surface area contributed by atoms with Crippen LogP contribution >= 0.6 is 22.7 Å². The minimum Gasteiger partial charge on any atom is -0.299 e. The van der Waals surface area contributed by atoms with Crippen LogP contribution in [0.3, 0.4) is 0 Å². The highest BCUT2D eigenvalue weighted by Crippen LogP contribution is 2.23. The first kappa shape index (κ1) is 12.8. The molecule has 0 spiro atoms. The summed E-state index contributed by atoms with van der Waals surface area (Å²) < 4.78 is 0. The van der Waals surface area contributed by atoms with Crippen LogP contribution in [0.2, 0.25) is 0 Å². The lowest BCUT2D eigenvalue weighted by Gasteiger charge is -2.01. The second kappa shape index (κ2) is 5.81. The van der Waals surface area contributed by atoms with E-state index in [9.17, 15) is 4.79 Å². The van der Waals surface area contributed by atoms with E-state index >= 15 is 0 Å². The highest BCUT2D eigenvalue weighted by Gasteiger charge is 2.08. The van der Waals surface area contributed by atoms with E-state index in [1.807, 2.05) is 41.1 Å². The van der Waals surface area contributed by atoms with E-state index in [2.05, 4.69) is 20.6 Å². The van der Waals surface area contributed by atoms with Gasteiger partial charge in [0.25, 0.3) is 0 Å². The van der Waals surface area contributed by atoms with Crippen molar-refractivity contribution in [3.63, 3.8) is 0 Å². The molecule has 5 nitrogen and oxygen atoms in total. The monoisotopic (exact) mass is 302 g/mol. The Kier molecular flexibility index (Phi) is 3.71. The molecule has 0 radical (unpaired) electrons. The first-order valence-electron chi connectivity index (χ1n) is 5.80. The summed E-state index contributed by atoms with van der Waals surface area (Å²) >= 11 is 2.83. The van der Waals surface area contributed by atoms with Crippen LogP contribution in [0.25, 0.3) is 11.4 Å². The Balaban J connectivity index is 1.67. The third-order valence-electron chi connectivity index (χ3n) is 2.41. The summed E-state index contributed by atoms with van der Waals surface area (Å²) in [5.74, 6) is 0. The van der Waals surface area contributed by atoms with Gasteiger partial charge in [0, 0.05) is 11.6 Å². The van der Waals surface area contributed by atoms with Crippen molar-refractivity contribution in [2.24, 2.45) is 0 Å². The van der Waals surface area contributed by atoms with Crippen LogP contribution in [0, 0.1) is 0 Å². The lowest BCUT2D eigenvalue weighted by molar-refractivity contribution is 0.262. The standard InChI is InChI=1S/C13H10N4OS2/c18-12(16-11-5-3-7-19-11)17-13-15-10(8-20-13)9-4-1-2-6-14-9/h1-8H,(H2,15,16,17,18). The van der Waals surface area contributed by atoms with E-state index in [1.165, 1.54) is 22.7 Å². The van der Waals surface area contributed by atoms with Crippen molar-refractivity contribution in [2.75, 3.05) is 10.6 Å². The van der Waals surface area contributed by atoms with Crippen LogP contribution in [0.5, 0.6) is 0 Å². The van der Waals surface area contributed by atoms with E-state index in [0.29, 0.717) is 5.13 Å². The summed E-state index contributed by atoms with van der Waals surface area (Å²) in [6, 6.07) is 9.05. The first-order valence-corrected chi connectivity index (χ1v) is 7.55. The number of rotatable bonds is 3. The number of hydrogen-bond acceptors (Lipinski definition) is 5. The van der Waals surface area contributed by atoms with Crippen molar-refractivity contribution in [1.82, 2.24) is 9.97 Å². The number of thiophene rings is 1. The van der Waals surface area contributed by atoms with Crippen LogP contribution in [0.15, 0.2) is 47.3 Å². The molecule has 0 fully saturated rings. The molecule has 0 unspecified atom stereocenters. The Morgan fingerprint density at radius 2 is 2.00 bits per heavy atom. The highest BCUT2D eigenvalue weighted by atomic mass is 32.1. The number of carbonyl (C=O) groups is 1. The maximum Gasteiger partial charge on any atom is 0.326 e. The third kappa shape index (κ3) is 3.01. The average Bonchev–Trinajstić information content (AvgIpc) is 3.11. The number of urea groups is 1. The lowest BCUT2D eigenvalue weighted by Crippen LogP contribution is -2.18. The van der Waals surface area contributed by atoms with E-state index in [-0.39, 0.29) is 6.03 Å². The number of pyridine rings is 1. The number of anilines is 2. The second-order valence-electron chi connectivity index (χ2n) is 3.81. The molecule has 3 heterocycles. The van der Waals surface area contributed by atoms with Gasteiger partial charge < -0.3 is 0 Å². The third-order valence-corrected chi connectivity index (χ3v) is 3.95. The first-order chi connectivity index (χ1) is 9.81. The van der Waals surface area contributed by atoms with E-state index < -0.39 is 0 Å². The molecule has 100 valence electrons. The predicted octanol–water partition coefficient (Wildman–Crippen LogP) is 3.91. The van der Waals surface area contributed by atoms with Gasteiger partial charge in [-0.2, -0.15) is 0 Å². The van der Waals surface area contributed by atoms with Gasteiger partial charge in [0.2, 0.25) is 0 Å². The quantitative estimate of drug-likeness (QED) is 0.771. The Morgan fingerprint density at radius 1 is 1.05 bits per heavy atom. The predicted molar refractivity (Wildman–Crippen MR) is 82.3 cm³/mol. The van der Waals surface area contributed by atoms with E-state index in [0.717, 1.165) is 16.4 Å². The largest absolute Gasteiger partial charge is 0.326 e. The molecular weight excluding hydrogens is 292 g/mol. The molecule has 0 aliphatic carbocycles. The number of amides is 2. The summed E-state index contributed by atoms with van der Waals surface area (Å²) in [7, 11) is 0. The number of nitrogens with zero attached hydrogens (tertiary/aromatic N) is 2. The molecule has 0 saturated carbocycles. The fraction of sp³-hybridized carbons (Fsp3) is 0. The molecule has 2 amide bonds. The minimum absolute atomic E-state index is 0.297. The summed E-state index contributed by atoms with van der Waals surface area (Å²) in [6.07, 6.45) is 1.71. The van der Waals surface area contributed by atoms with Crippen LogP contribution in [0.1, 0.15) is 0 Å². The molecule has 0 saturated heterocycles. The number of hydrogen-bond donors (Lipinski definition) is 2. The zero-order valence-corrected chi connectivity index (χ0v) is 11.9. The van der Waals surface area contributed by atoms with Crippen molar-refractivity contribution in [3.8, 4) is 11.4 Å². The molecule has 0 aromatic carbocycles. The zero-order valence-electron chi connectivity index (χ0n) is 10.2. The van der Waals surface area contributed by atoms with Gasteiger partial charge in [0.05, 0.1) is 10.7 Å². The average molecular weight is 302 g/mol. The van der Waals surface area contributed by atoms with Crippen molar-refractivity contribution in [1.29, 1.82) is 0 Å². The fourth-order valence-electron chi connectivity index (χ4n) is 1.55. The van der Waals surface area contributed by atoms with Crippen molar-refractivity contribution in [2.45, 2.75) is 0 Å². The van der Waals surface area contributed by atoms with Crippen molar-refractivity contribution < 1.29 is 4.79 Å². The highest BCUT2D eigenvalue weighted by molar-refractivity contribution is 7.14. The lowest BCUT2D eigenvalue weighted by atomic mass is 10.3. The maximum absolute atomic E-state index is 11.8. The maximum atomic E-state index is 11.8. The van der Waals surface area contributed by atoms with Crippen LogP contribution < -0.4 is 10.6 Å². The van der Waals surface area contributed by atoms with Gasteiger partial charge in [-0.3, -0.25) is 15.6 Å². The second-order valence-corrected chi connectivity index (χ2v) is 5.62. The fourth-order valence-corrected chi connectivity index (χ4v) is 2.86. The summed E-state index contributed by atoms with van der Waals surface area (Å²) in [5, 5.41) is 10.5. The summed E-state index contributed by atoms with van der Waals surface area (Å²) in [5.41, 5.74) is 1.54. The van der Waals surface area contributed by atoms with Gasteiger partial charge >= 0.3 is 6.03 Å². The van der Waals surface area contributed by atoms with Crippen molar-refractivity contribution in [3.05, 3.63) is 47.3 Å². The van der Waals surface area contributed by atoms with Crippen LogP contribution in [-0.4, -0.2) is 16.0 Å². The molecule has 20 heavy (non-hydrogen) atoms. The number of aromatic nitrogens is 2. The molecule has 2 N–H and O–H groups in total. The van der Waals surface area contributed by atoms with Gasteiger partial charge in [0.1, 0.15) is 5.69 Å². The van der Waals surface area contributed by atoms with Gasteiger partial charge in [-0.05, 0) is 29.6 Å². The molecule has 0 aliphatic rings. The van der Waals surface area contributed by atoms with Gasteiger partial charge in [-0.1, -0.05) is 6.07 Å². The Morgan fingerprint density at radius 3 is 2.75 bits per heavy atom. The van der Waals surface area contributed by atoms with Crippen LogP contribution in [0.4, 0.5) is 14.9 Å². The van der Waals surface area contributed by atoms with Gasteiger partial charge in [0.15, 0.2) is 5.13 Å². The number of carbonyl (C=O) groups excluding carboxylic acids is 1. The Labute approximate surface area is 123 Å². The molecule has 3 aromatic heterocycles. The topological polar surface area (TPSA) is 66.9 Å². The molecule has 0 atom stereocenters. The molecule has 3 aromatic rings. The summed E-state index contributed by atoms with van der Waals surface area (Å²) in [6.45, 7) is 0. The number of thiazole rings is 1. The molecule has 0 bridgehead atoms.